The SMILES string of the molecule is CCOC(=O)Cc1nncn1-c1ccccc1. The lowest BCUT2D eigenvalue weighted by Crippen LogP contribution is -2.11. The molecule has 0 saturated heterocycles. The molecule has 0 spiro atoms. The van der Waals surface area contributed by atoms with Gasteiger partial charge in [-0.15, -0.1) is 10.2 Å². The molecule has 0 fully saturated rings. The lowest BCUT2D eigenvalue weighted by Gasteiger charge is -2.05. The summed E-state index contributed by atoms with van der Waals surface area (Å²) >= 11 is 0. The molecule has 5 nitrogen and oxygen atoms in total. The Morgan fingerprint density at radius 2 is 2.12 bits per heavy atom. The third kappa shape index (κ3) is 2.69. The van der Waals surface area contributed by atoms with Gasteiger partial charge < -0.3 is 4.74 Å². The predicted molar refractivity (Wildman–Crippen MR) is 61.7 cm³/mol. The number of rotatable bonds is 4. The van der Waals surface area contributed by atoms with Gasteiger partial charge in [0.25, 0.3) is 0 Å². The summed E-state index contributed by atoms with van der Waals surface area (Å²) in [6.45, 7) is 2.15. The maximum atomic E-state index is 11.4. The lowest BCUT2D eigenvalue weighted by atomic mass is 10.3. The Morgan fingerprint density at radius 1 is 1.35 bits per heavy atom. The van der Waals surface area contributed by atoms with E-state index in [1.807, 2.05) is 30.3 Å². The maximum Gasteiger partial charge on any atom is 0.313 e. The first-order valence-corrected chi connectivity index (χ1v) is 5.41. The van der Waals surface area contributed by atoms with Gasteiger partial charge in [0.2, 0.25) is 0 Å². The van der Waals surface area contributed by atoms with Gasteiger partial charge in [0.1, 0.15) is 18.6 Å². The first-order valence-electron chi connectivity index (χ1n) is 5.41. The van der Waals surface area contributed by atoms with Crippen molar-refractivity contribution in [3.63, 3.8) is 0 Å². The van der Waals surface area contributed by atoms with E-state index in [1.54, 1.807) is 17.8 Å². The largest absolute Gasteiger partial charge is 0.466 e. The second kappa shape index (κ2) is 5.25. The molecule has 0 atom stereocenters. The molecule has 0 radical (unpaired) electrons. The lowest BCUT2D eigenvalue weighted by molar-refractivity contribution is -0.142. The molecular weight excluding hydrogens is 218 g/mol. The number of carbonyl (C=O) groups excluding carboxylic acids is 1. The zero-order valence-electron chi connectivity index (χ0n) is 9.54. The molecule has 0 amide bonds. The minimum atomic E-state index is -0.294. The number of benzene rings is 1. The zero-order chi connectivity index (χ0) is 12.1. The third-order valence-corrected chi connectivity index (χ3v) is 2.26. The quantitative estimate of drug-likeness (QED) is 0.746. The highest BCUT2D eigenvalue weighted by molar-refractivity contribution is 5.71. The van der Waals surface area contributed by atoms with E-state index in [9.17, 15) is 4.79 Å². The first kappa shape index (κ1) is 11.3. The fourth-order valence-corrected chi connectivity index (χ4v) is 1.52. The topological polar surface area (TPSA) is 57.0 Å². The van der Waals surface area contributed by atoms with E-state index < -0.39 is 0 Å². The minimum absolute atomic E-state index is 0.128. The van der Waals surface area contributed by atoms with Crippen molar-refractivity contribution in [2.75, 3.05) is 6.61 Å². The van der Waals surface area contributed by atoms with Crippen molar-refractivity contribution in [1.29, 1.82) is 0 Å². The van der Waals surface area contributed by atoms with Crippen LogP contribution in [0.25, 0.3) is 5.69 Å². The number of hydrogen-bond acceptors (Lipinski definition) is 4. The van der Waals surface area contributed by atoms with Crippen LogP contribution in [-0.2, 0) is 16.0 Å². The van der Waals surface area contributed by atoms with E-state index in [0.29, 0.717) is 12.4 Å². The summed E-state index contributed by atoms with van der Waals surface area (Å²) in [6, 6.07) is 9.63. The molecule has 5 heteroatoms. The molecule has 2 rings (SSSR count). The number of carbonyl (C=O) groups is 1. The van der Waals surface area contributed by atoms with Crippen LogP contribution < -0.4 is 0 Å². The number of para-hydroxylation sites is 1. The van der Waals surface area contributed by atoms with E-state index >= 15 is 0 Å². The molecule has 1 heterocycles. The van der Waals surface area contributed by atoms with Crippen LogP contribution in [0.5, 0.6) is 0 Å². The predicted octanol–water partition coefficient (Wildman–Crippen LogP) is 1.37. The van der Waals surface area contributed by atoms with Crippen molar-refractivity contribution in [1.82, 2.24) is 14.8 Å². The standard InChI is InChI=1S/C12H13N3O2/c1-2-17-12(16)8-11-14-13-9-15(11)10-6-4-3-5-7-10/h3-7,9H,2,8H2,1H3. The Hall–Kier alpha value is -2.17. The Kier molecular flexibility index (Phi) is 3.49. The summed E-state index contributed by atoms with van der Waals surface area (Å²) in [5.41, 5.74) is 0.928. The zero-order valence-corrected chi connectivity index (χ0v) is 9.54. The highest BCUT2D eigenvalue weighted by Crippen LogP contribution is 2.09. The van der Waals surface area contributed by atoms with E-state index in [0.717, 1.165) is 5.69 Å². The summed E-state index contributed by atoms with van der Waals surface area (Å²) in [6.07, 6.45) is 1.71. The molecule has 2 aromatic rings. The fraction of sp³-hybridized carbons (Fsp3) is 0.250. The van der Waals surface area contributed by atoms with Gasteiger partial charge in [-0.25, -0.2) is 0 Å². The highest BCUT2D eigenvalue weighted by atomic mass is 16.5. The fourth-order valence-electron chi connectivity index (χ4n) is 1.52. The molecule has 0 aliphatic heterocycles. The van der Waals surface area contributed by atoms with Crippen molar-refractivity contribution in [2.45, 2.75) is 13.3 Å². The van der Waals surface area contributed by atoms with Crippen molar-refractivity contribution in [2.24, 2.45) is 0 Å². The average Bonchev–Trinajstić information content (AvgIpc) is 2.78. The van der Waals surface area contributed by atoms with E-state index in [-0.39, 0.29) is 12.4 Å². The van der Waals surface area contributed by atoms with E-state index in [2.05, 4.69) is 10.2 Å². The molecule has 0 aliphatic carbocycles. The molecular formula is C12H13N3O2. The van der Waals surface area contributed by atoms with Gasteiger partial charge in [-0.3, -0.25) is 9.36 Å². The Bertz CT molecular complexity index is 493. The second-order valence-corrected chi connectivity index (χ2v) is 3.43. The highest BCUT2D eigenvalue weighted by Gasteiger charge is 2.11. The average molecular weight is 231 g/mol. The normalized spacial score (nSPS) is 10.2. The van der Waals surface area contributed by atoms with Gasteiger partial charge in [-0.05, 0) is 19.1 Å². The van der Waals surface area contributed by atoms with Crippen LogP contribution in [0.15, 0.2) is 36.7 Å². The monoisotopic (exact) mass is 231 g/mol. The summed E-state index contributed by atoms with van der Waals surface area (Å²) in [7, 11) is 0. The van der Waals surface area contributed by atoms with Crippen LogP contribution in [0.3, 0.4) is 0 Å². The van der Waals surface area contributed by atoms with Gasteiger partial charge in [0.15, 0.2) is 0 Å². The minimum Gasteiger partial charge on any atom is -0.466 e. The summed E-state index contributed by atoms with van der Waals surface area (Å²) in [5.74, 6) is 0.285. The Labute approximate surface area is 99.1 Å². The van der Waals surface area contributed by atoms with Crippen LogP contribution in [0.4, 0.5) is 0 Å². The Morgan fingerprint density at radius 3 is 2.82 bits per heavy atom. The number of ether oxygens (including phenoxy) is 1. The maximum absolute atomic E-state index is 11.4. The van der Waals surface area contributed by atoms with E-state index in [4.69, 9.17) is 4.74 Å². The van der Waals surface area contributed by atoms with Crippen molar-refractivity contribution >= 4 is 5.97 Å². The molecule has 17 heavy (non-hydrogen) atoms. The van der Waals surface area contributed by atoms with Crippen molar-refractivity contribution in [3.05, 3.63) is 42.5 Å². The van der Waals surface area contributed by atoms with E-state index in [1.165, 1.54) is 0 Å². The summed E-state index contributed by atoms with van der Waals surface area (Å²) in [4.78, 5) is 11.4. The molecule has 1 aromatic carbocycles. The van der Waals surface area contributed by atoms with Crippen LogP contribution >= 0.6 is 0 Å². The molecule has 1 aromatic heterocycles. The third-order valence-electron chi connectivity index (χ3n) is 2.26. The smallest absolute Gasteiger partial charge is 0.313 e. The number of nitrogens with zero attached hydrogens (tertiary/aromatic N) is 3. The van der Waals surface area contributed by atoms with Crippen LogP contribution in [-0.4, -0.2) is 27.3 Å². The van der Waals surface area contributed by atoms with Gasteiger partial charge in [-0.1, -0.05) is 18.2 Å². The molecule has 0 bridgehead atoms. The van der Waals surface area contributed by atoms with Gasteiger partial charge in [-0.2, -0.15) is 0 Å². The Balaban J connectivity index is 2.20. The number of aromatic nitrogens is 3. The van der Waals surface area contributed by atoms with Gasteiger partial charge >= 0.3 is 5.97 Å². The van der Waals surface area contributed by atoms with Crippen molar-refractivity contribution in [3.8, 4) is 5.69 Å². The summed E-state index contributed by atoms with van der Waals surface area (Å²) in [5, 5.41) is 7.74. The molecule has 0 unspecified atom stereocenters. The first-order chi connectivity index (χ1) is 8.31. The molecule has 0 aliphatic rings. The number of esters is 1. The van der Waals surface area contributed by atoms with Crippen LogP contribution in [0.1, 0.15) is 12.7 Å². The molecule has 0 N–H and O–H groups in total. The van der Waals surface area contributed by atoms with Gasteiger partial charge in [0.05, 0.1) is 6.61 Å². The van der Waals surface area contributed by atoms with Crippen LogP contribution in [0, 0.1) is 0 Å². The second-order valence-electron chi connectivity index (χ2n) is 3.43. The van der Waals surface area contributed by atoms with Crippen molar-refractivity contribution < 1.29 is 9.53 Å². The molecule has 0 saturated carbocycles. The van der Waals surface area contributed by atoms with Crippen LogP contribution in [0.2, 0.25) is 0 Å². The number of hydrogen-bond donors (Lipinski definition) is 0. The van der Waals surface area contributed by atoms with Gasteiger partial charge in [0, 0.05) is 5.69 Å². The molecule has 88 valence electrons. The summed E-state index contributed by atoms with van der Waals surface area (Å²) < 4.78 is 6.66.